The highest BCUT2D eigenvalue weighted by Crippen LogP contribution is 2.35. The molecule has 158 valence electrons. The molecule has 0 atom stereocenters. The number of fused-ring (bicyclic) bond motifs is 1. The number of esters is 1. The van der Waals surface area contributed by atoms with Gasteiger partial charge in [-0.1, -0.05) is 36.4 Å². The van der Waals surface area contributed by atoms with E-state index in [2.05, 4.69) is 35.7 Å². The van der Waals surface area contributed by atoms with Crippen LogP contribution in [0.2, 0.25) is 0 Å². The van der Waals surface area contributed by atoms with E-state index in [1.807, 2.05) is 43.3 Å². The standard InChI is InChI=1S/C26H25NO3S/c1-2-29-25(28)15-21-7-3-4-9-24(21)30-17-19-13-22-10-11-31-26(22)23(14-19)20-8-5-6-18(12-20)16-27/h3-14H,2,15-17,27H2,1H3. The van der Waals surface area contributed by atoms with Gasteiger partial charge < -0.3 is 15.2 Å². The van der Waals surface area contributed by atoms with Gasteiger partial charge in [-0.15, -0.1) is 11.3 Å². The minimum absolute atomic E-state index is 0.199. The van der Waals surface area contributed by atoms with Gasteiger partial charge in [0.15, 0.2) is 0 Å². The van der Waals surface area contributed by atoms with Crippen LogP contribution in [0.25, 0.3) is 21.2 Å². The second-order valence-corrected chi connectivity index (χ2v) is 8.18. The van der Waals surface area contributed by atoms with Gasteiger partial charge in [-0.05, 0) is 70.3 Å². The predicted octanol–water partition coefficient (Wildman–Crippen LogP) is 5.71. The van der Waals surface area contributed by atoms with Crippen LogP contribution in [0.4, 0.5) is 0 Å². The minimum atomic E-state index is -0.250. The van der Waals surface area contributed by atoms with Crippen LogP contribution in [-0.4, -0.2) is 12.6 Å². The molecule has 0 fully saturated rings. The van der Waals surface area contributed by atoms with E-state index < -0.39 is 0 Å². The molecule has 31 heavy (non-hydrogen) atoms. The fourth-order valence-corrected chi connectivity index (χ4v) is 4.54. The molecule has 0 aliphatic carbocycles. The third kappa shape index (κ3) is 4.95. The number of para-hydroxylation sites is 1. The monoisotopic (exact) mass is 431 g/mol. The van der Waals surface area contributed by atoms with Gasteiger partial charge in [-0.2, -0.15) is 0 Å². The topological polar surface area (TPSA) is 61.5 Å². The lowest BCUT2D eigenvalue weighted by Crippen LogP contribution is -2.09. The fraction of sp³-hybridized carbons (Fsp3) is 0.192. The van der Waals surface area contributed by atoms with Gasteiger partial charge in [0.2, 0.25) is 0 Å². The van der Waals surface area contributed by atoms with Crippen LogP contribution >= 0.6 is 11.3 Å². The average molecular weight is 432 g/mol. The maximum absolute atomic E-state index is 11.9. The van der Waals surface area contributed by atoms with Gasteiger partial charge in [0, 0.05) is 16.8 Å². The average Bonchev–Trinajstić information content (AvgIpc) is 3.27. The molecule has 0 bridgehead atoms. The minimum Gasteiger partial charge on any atom is -0.489 e. The van der Waals surface area contributed by atoms with Crippen molar-refractivity contribution >= 4 is 27.4 Å². The molecule has 1 heterocycles. The molecule has 0 saturated carbocycles. The van der Waals surface area contributed by atoms with Crippen LogP contribution in [0.5, 0.6) is 5.75 Å². The van der Waals surface area contributed by atoms with Crippen LogP contribution in [0.3, 0.4) is 0 Å². The molecule has 0 spiro atoms. The Balaban J connectivity index is 1.61. The highest BCUT2D eigenvalue weighted by molar-refractivity contribution is 7.17. The number of benzene rings is 3. The third-order valence-electron chi connectivity index (χ3n) is 5.09. The molecule has 0 radical (unpaired) electrons. The predicted molar refractivity (Wildman–Crippen MR) is 126 cm³/mol. The number of carbonyl (C=O) groups is 1. The fourth-order valence-electron chi connectivity index (χ4n) is 3.63. The second kappa shape index (κ2) is 9.77. The van der Waals surface area contributed by atoms with Gasteiger partial charge >= 0.3 is 5.97 Å². The molecule has 2 N–H and O–H groups in total. The molecule has 0 saturated heterocycles. The summed E-state index contributed by atoms with van der Waals surface area (Å²) in [6.45, 7) is 3.11. The van der Waals surface area contributed by atoms with Crippen LogP contribution in [-0.2, 0) is 29.1 Å². The summed E-state index contributed by atoms with van der Waals surface area (Å²) in [7, 11) is 0. The third-order valence-corrected chi connectivity index (χ3v) is 6.06. The van der Waals surface area contributed by atoms with E-state index in [0.717, 1.165) is 22.3 Å². The summed E-state index contributed by atoms with van der Waals surface area (Å²) < 4.78 is 12.5. The first-order valence-corrected chi connectivity index (χ1v) is 11.2. The number of rotatable bonds is 8. The summed E-state index contributed by atoms with van der Waals surface area (Å²) >= 11 is 1.74. The van der Waals surface area contributed by atoms with Crippen molar-refractivity contribution in [2.75, 3.05) is 6.61 Å². The summed E-state index contributed by atoms with van der Waals surface area (Å²) in [5.41, 5.74) is 11.2. The molecular formula is C26H25NO3S. The molecule has 4 nitrogen and oxygen atoms in total. The summed E-state index contributed by atoms with van der Waals surface area (Å²) in [4.78, 5) is 11.9. The summed E-state index contributed by atoms with van der Waals surface area (Å²) in [5, 5.41) is 3.30. The maximum atomic E-state index is 11.9. The zero-order valence-electron chi connectivity index (χ0n) is 17.5. The normalized spacial score (nSPS) is 10.9. The van der Waals surface area contributed by atoms with Crippen LogP contribution in [0.15, 0.2) is 72.1 Å². The van der Waals surface area contributed by atoms with Crippen molar-refractivity contribution in [3.8, 4) is 16.9 Å². The highest BCUT2D eigenvalue weighted by Gasteiger charge is 2.12. The van der Waals surface area contributed by atoms with Crippen molar-refractivity contribution in [1.82, 2.24) is 0 Å². The number of carbonyl (C=O) groups excluding carboxylic acids is 1. The maximum Gasteiger partial charge on any atom is 0.310 e. The Morgan fingerprint density at radius 1 is 1.00 bits per heavy atom. The summed E-state index contributed by atoms with van der Waals surface area (Å²) in [6, 6.07) is 22.4. The molecule has 1 aromatic heterocycles. The lowest BCUT2D eigenvalue weighted by molar-refractivity contribution is -0.142. The quantitative estimate of drug-likeness (QED) is 0.363. The first kappa shape index (κ1) is 21.1. The molecule has 5 heteroatoms. The lowest BCUT2D eigenvalue weighted by Gasteiger charge is -2.13. The molecule has 0 amide bonds. The van der Waals surface area contributed by atoms with E-state index in [9.17, 15) is 4.79 Å². The molecule has 4 aromatic rings. The molecule has 0 unspecified atom stereocenters. The van der Waals surface area contributed by atoms with Gasteiger partial charge in [0.05, 0.1) is 13.0 Å². The Morgan fingerprint density at radius 2 is 1.87 bits per heavy atom. The van der Waals surface area contributed by atoms with Crippen LogP contribution < -0.4 is 10.5 Å². The van der Waals surface area contributed by atoms with Crippen LogP contribution in [0.1, 0.15) is 23.6 Å². The Labute approximate surface area is 186 Å². The molecular weight excluding hydrogens is 406 g/mol. The Morgan fingerprint density at radius 3 is 2.71 bits per heavy atom. The van der Waals surface area contributed by atoms with Crippen molar-refractivity contribution in [2.45, 2.75) is 26.5 Å². The molecule has 0 aliphatic rings. The van der Waals surface area contributed by atoms with Crippen LogP contribution in [0, 0.1) is 0 Å². The van der Waals surface area contributed by atoms with E-state index in [4.69, 9.17) is 15.2 Å². The number of ether oxygens (including phenoxy) is 2. The zero-order valence-corrected chi connectivity index (χ0v) is 18.3. The summed E-state index contributed by atoms with van der Waals surface area (Å²) in [6.07, 6.45) is 0.199. The van der Waals surface area contributed by atoms with Crippen molar-refractivity contribution in [3.63, 3.8) is 0 Å². The Bertz CT molecular complexity index is 1200. The van der Waals surface area contributed by atoms with Gasteiger partial charge in [0.25, 0.3) is 0 Å². The smallest absolute Gasteiger partial charge is 0.310 e. The number of nitrogens with two attached hydrogens (primary N) is 1. The zero-order chi connectivity index (χ0) is 21.6. The Hall–Kier alpha value is -3.15. The summed E-state index contributed by atoms with van der Waals surface area (Å²) in [5.74, 6) is 0.452. The van der Waals surface area contributed by atoms with Crippen molar-refractivity contribution in [3.05, 3.63) is 88.8 Å². The first-order valence-electron chi connectivity index (χ1n) is 10.3. The van der Waals surface area contributed by atoms with Crippen molar-refractivity contribution in [2.24, 2.45) is 5.73 Å². The van der Waals surface area contributed by atoms with Crippen molar-refractivity contribution in [1.29, 1.82) is 0 Å². The van der Waals surface area contributed by atoms with E-state index in [-0.39, 0.29) is 12.4 Å². The van der Waals surface area contributed by atoms with E-state index in [1.165, 1.54) is 15.6 Å². The van der Waals surface area contributed by atoms with E-state index in [1.54, 1.807) is 11.3 Å². The number of thiophene rings is 1. The van der Waals surface area contributed by atoms with Crippen molar-refractivity contribution < 1.29 is 14.3 Å². The van der Waals surface area contributed by atoms with E-state index >= 15 is 0 Å². The van der Waals surface area contributed by atoms with E-state index in [0.29, 0.717) is 25.5 Å². The number of hydrogen-bond donors (Lipinski definition) is 1. The first-order chi connectivity index (χ1) is 15.2. The number of hydrogen-bond acceptors (Lipinski definition) is 5. The molecule has 0 aliphatic heterocycles. The van der Waals surface area contributed by atoms with Gasteiger partial charge in [-0.25, -0.2) is 0 Å². The second-order valence-electron chi connectivity index (χ2n) is 7.27. The van der Waals surface area contributed by atoms with Gasteiger partial charge in [0.1, 0.15) is 12.4 Å². The Kier molecular flexibility index (Phi) is 6.65. The molecule has 3 aromatic carbocycles. The highest BCUT2D eigenvalue weighted by atomic mass is 32.1. The van der Waals surface area contributed by atoms with Gasteiger partial charge in [-0.3, -0.25) is 4.79 Å². The largest absolute Gasteiger partial charge is 0.489 e. The SMILES string of the molecule is CCOC(=O)Cc1ccccc1OCc1cc(-c2cccc(CN)c2)c2sccc2c1. The lowest BCUT2D eigenvalue weighted by atomic mass is 9.99. The molecule has 4 rings (SSSR count).